The minimum Gasteiger partial charge on any atom is -0.396 e. The van der Waals surface area contributed by atoms with Crippen molar-refractivity contribution in [3.8, 4) is 0 Å². The Balaban J connectivity index is 1.79. The summed E-state index contributed by atoms with van der Waals surface area (Å²) in [5.41, 5.74) is 5.88. The molecular formula is C16H20FNO2S. The Morgan fingerprint density at radius 1 is 1.38 bits per heavy atom. The lowest BCUT2D eigenvalue weighted by Gasteiger charge is -2.43. The van der Waals surface area contributed by atoms with Crippen LogP contribution in [0.15, 0.2) is 18.2 Å². The van der Waals surface area contributed by atoms with E-state index >= 15 is 0 Å². The van der Waals surface area contributed by atoms with Gasteiger partial charge in [0, 0.05) is 18.1 Å². The molecule has 1 unspecified atom stereocenters. The van der Waals surface area contributed by atoms with E-state index in [0.717, 1.165) is 30.8 Å². The Hall–Kier alpha value is -1.07. The number of rotatable bonds is 2. The minimum atomic E-state index is -0.517. The highest BCUT2D eigenvalue weighted by atomic mass is 32.2. The highest BCUT2D eigenvalue weighted by molar-refractivity contribution is 7.99. The number of thioether (sulfide) groups is 1. The van der Waals surface area contributed by atoms with E-state index in [1.807, 2.05) is 11.8 Å². The number of nitrogens with two attached hydrogens (primary N) is 1. The standard InChI is InChI=1S/C16H20FNO2S/c17-13-3-1-2-12(14(13)18)15(19)11-4-7-20-16(10-11)5-8-21-9-6-16/h1-3,11H,4-10,18H2. The maximum Gasteiger partial charge on any atom is 0.168 e. The van der Waals surface area contributed by atoms with Gasteiger partial charge in [0.1, 0.15) is 5.82 Å². The molecule has 114 valence electrons. The second kappa shape index (κ2) is 5.97. The summed E-state index contributed by atoms with van der Waals surface area (Å²) in [5.74, 6) is 1.52. The van der Waals surface area contributed by atoms with Crippen LogP contribution in [0, 0.1) is 11.7 Å². The summed E-state index contributed by atoms with van der Waals surface area (Å²) in [6.07, 6.45) is 3.44. The average molecular weight is 309 g/mol. The van der Waals surface area contributed by atoms with Gasteiger partial charge in [-0.25, -0.2) is 4.39 Å². The molecule has 0 saturated carbocycles. The summed E-state index contributed by atoms with van der Waals surface area (Å²) in [7, 11) is 0. The van der Waals surface area contributed by atoms with E-state index in [1.54, 1.807) is 12.1 Å². The lowest BCUT2D eigenvalue weighted by molar-refractivity contribution is -0.0959. The summed E-state index contributed by atoms with van der Waals surface area (Å²) in [4.78, 5) is 12.7. The van der Waals surface area contributed by atoms with Gasteiger partial charge in [-0.2, -0.15) is 11.8 Å². The van der Waals surface area contributed by atoms with E-state index in [4.69, 9.17) is 10.5 Å². The van der Waals surface area contributed by atoms with Crippen molar-refractivity contribution in [2.75, 3.05) is 23.8 Å². The molecule has 2 saturated heterocycles. The van der Waals surface area contributed by atoms with Gasteiger partial charge in [-0.3, -0.25) is 4.79 Å². The number of benzene rings is 1. The van der Waals surface area contributed by atoms with Crippen molar-refractivity contribution >= 4 is 23.2 Å². The average Bonchev–Trinajstić information content (AvgIpc) is 2.50. The summed E-state index contributed by atoms with van der Waals surface area (Å²) in [5, 5.41) is 0. The zero-order valence-corrected chi connectivity index (χ0v) is 12.8. The third-order valence-electron chi connectivity index (χ3n) is 4.59. The van der Waals surface area contributed by atoms with E-state index in [0.29, 0.717) is 18.6 Å². The Bertz CT molecular complexity index is 538. The molecule has 2 aliphatic rings. The molecule has 1 spiro atoms. The zero-order valence-electron chi connectivity index (χ0n) is 11.9. The van der Waals surface area contributed by atoms with Crippen LogP contribution in [0.5, 0.6) is 0 Å². The van der Waals surface area contributed by atoms with Crippen LogP contribution in [0.4, 0.5) is 10.1 Å². The van der Waals surface area contributed by atoms with Crippen LogP contribution in [0.1, 0.15) is 36.0 Å². The SMILES string of the molecule is Nc1c(F)cccc1C(=O)C1CCOC2(CCSCC2)C1. The molecular weight excluding hydrogens is 289 g/mol. The Morgan fingerprint density at radius 3 is 2.90 bits per heavy atom. The van der Waals surface area contributed by atoms with E-state index in [1.165, 1.54) is 6.07 Å². The molecule has 2 aliphatic heterocycles. The van der Waals surface area contributed by atoms with E-state index < -0.39 is 5.82 Å². The number of hydrogen-bond acceptors (Lipinski definition) is 4. The molecule has 0 radical (unpaired) electrons. The third-order valence-corrected chi connectivity index (χ3v) is 5.57. The number of Topliss-reactive ketones (excluding diaryl/α,β-unsaturated/α-hetero) is 1. The van der Waals surface area contributed by atoms with E-state index in [-0.39, 0.29) is 23.0 Å². The lowest BCUT2D eigenvalue weighted by Crippen LogP contribution is -2.44. The summed E-state index contributed by atoms with van der Waals surface area (Å²) >= 11 is 1.94. The lowest BCUT2D eigenvalue weighted by atomic mass is 9.78. The molecule has 3 rings (SSSR count). The molecule has 0 bridgehead atoms. The van der Waals surface area contributed by atoms with Gasteiger partial charge in [-0.1, -0.05) is 6.07 Å². The normalized spacial score (nSPS) is 24.9. The van der Waals surface area contributed by atoms with Crippen LogP contribution in [0.25, 0.3) is 0 Å². The van der Waals surface area contributed by atoms with Crippen molar-refractivity contribution in [2.24, 2.45) is 5.92 Å². The number of carbonyl (C=O) groups excluding carboxylic acids is 1. The third kappa shape index (κ3) is 2.94. The van der Waals surface area contributed by atoms with Gasteiger partial charge >= 0.3 is 0 Å². The van der Waals surface area contributed by atoms with Crippen molar-refractivity contribution in [1.29, 1.82) is 0 Å². The second-order valence-electron chi connectivity index (χ2n) is 5.90. The van der Waals surface area contributed by atoms with E-state index in [2.05, 4.69) is 0 Å². The molecule has 1 aromatic carbocycles. The molecule has 21 heavy (non-hydrogen) atoms. The number of nitrogen functional groups attached to an aromatic ring is 1. The first-order valence-corrected chi connectivity index (χ1v) is 8.57. The minimum absolute atomic E-state index is 0.0257. The van der Waals surface area contributed by atoms with Gasteiger partial charge in [0.2, 0.25) is 0 Å². The van der Waals surface area contributed by atoms with Crippen molar-refractivity contribution in [1.82, 2.24) is 0 Å². The van der Waals surface area contributed by atoms with Gasteiger partial charge in [0.05, 0.1) is 11.3 Å². The molecule has 2 fully saturated rings. The first kappa shape index (κ1) is 14.9. The number of ketones is 1. The fourth-order valence-corrected chi connectivity index (χ4v) is 4.55. The second-order valence-corrected chi connectivity index (χ2v) is 7.12. The summed E-state index contributed by atoms with van der Waals surface area (Å²) in [6.45, 7) is 0.607. The van der Waals surface area contributed by atoms with Gasteiger partial charge in [-0.05, 0) is 49.3 Å². The topological polar surface area (TPSA) is 52.3 Å². The van der Waals surface area contributed by atoms with E-state index in [9.17, 15) is 9.18 Å². The maximum absolute atomic E-state index is 13.6. The highest BCUT2D eigenvalue weighted by Gasteiger charge is 2.41. The molecule has 1 aromatic rings. The van der Waals surface area contributed by atoms with Crippen molar-refractivity contribution in [2.45, 2.75) is 31.3 Å². The highest BCUT2D eigenvalue weighted by Crippen LogP contribution is 2.41. The number of halogens is 1. The quantitative estimate of drug-likeness (QED) is 0.673. The van der Waals surface area contributed by atoms with Gasteiger partial charge in [0.15, 0.2) is 5.78 Å². The predicted molar refractivity (Wildman–Crippen MR) is 83.1 cm³/mol. The van der Waals surface area contributed by atoms with Crippen molar-refractivity contribution in [3.63, 3.8) is 0 Å². The monoisotopic (exact) mass is 309 g/mol. The van der Waals surface area contributed by atoms with Gasteiger partial charge in [0.25, 0.3) is 0 Å². The molecule has 0 amide bonds. The summed E-state index contributed by atoms with van der Waals surface area (Å²) in [6, 6.07) is 4.46. The van der Waals surface area contributed by atoms with Crippen LogP contribution >= 0.6 is 11.8 Å². The Labute approximate surface area is 128 Å². The smallest absolute Gasteiger partial charge is 0.168 e. The van der Waals surface area contributed by atoms with Gasteiger partial charge < -0.3 is 10.5 Å². The molecule has 0 aromatic heterocycles. The fourth-order valence-electron chi connectivity index (χ4n) is 3.32. The van der Waals surface area contributed by atoms with Crippen LogP contribution in [0.2, 0.25) is 0 Å². The van der Waals surface area contributed by atoms with Crippen LogP contribution in [-0.4, -0.2) is 29.5 Å². The predicted octanol–water partition coefficient (Wildman–Crippen LogP) is 3.28. The Morgan fingerprint density at radius 2 is 2.14 bits per heavy atom. The first-order chi connectivity index (χ1) is 10.1. The van der Waals surface area contributed by atoms with Crippen LogP contribution in [-0.2, 0) is 4.74 Å². The molecule has 1 atom stereocenters. The molecule has 5 heteroatoms. The largest absolute Gasteiger partial charge is 0.396 e. The number of ether oxygens (including phenoxy) is 1. The molecule has 2 N–H and O–H groups in total. The first-order valence-electron chi connectivity index (χ1n) is 7.41. The number of hydrogen-bond donors (Lipinski definition) is 1. The van der Waals surface area contributed by atoms with Crippen LogP contribution in [0.3, 0.4) is 0 Å². The van der Waals surface area contributed by atoms with Crippen molar-refractivity contribution in [3.05, 3.63) is 29.6 Å². The Kier molecular flexibility index (Phi) is 4.22. The molecule has 2 heterocycles. The maximum atomic E-state index is 13.6. The molecule has 0 aliphatic carbocycles. The van der Waals surface area contributed by atoms with Gasteiger partial charge in [-0.15, -0.1) is 0 Å². The zero-order chi connectivity index (χ0) is 14.9. The number of carbonyl (C=O) groups is 1. The van der Waals surface area contributed by atoms with Crippen LogP contribution < -0.4 is 5.73 Å². The van der Waals surface area contributed by atoms with Crippen molar-refractivity contribution < 1.29 is 13.9 Å². The summed E-state index contributed by atoms with van der Waals surface area (Å²) < 4.78 is 19.6. The fraction of sp³-hybridized carbons (Fsp3) is 0.562. The number of anilines is 1. The number of para-hydroxylation sites is 1. The molecule has 3 nitrogen and oxygen atoms in total.